The second-order valence-electron chi connectivity index (χ2n) is 7.58. The molecule has 2 N–H and O–H groups in total. The third-order valence-corrected chi connectivity index (χ3v) is 6.24. The Morgan fingerprint density at radius 3 is 2.37 bits per heavy atom. The number of likely N-dealkylation sites (tertiary alicyclic amines) is 1. The number of benzene rings is 2. The molecule has 2 fully saturated rings. The number of halogens is 1. The first-order chi connectivity index (χ1) is 14.4. The van der Waals surface area contributed by atoms with E-state index in [2.05, 4.69) is 21.2 Å². The van der Waals surface area contributed by atoms with Crippen LogP contribution >= 0.6 is 15.9 Å². The molecule has 2 aliphatic heterocycles. The maximum absolute atomic E-state index is 12.9. The van der Waals surface area contributed by atoms with Gasteiger partial charge in [-0.15, -0.1) is 0 Å². The Hall–Kier alpha value is -2.71. The lowest BCUT2D eigenvalue weighted by Crippen LogP contribution is -2.47. The Labute approximate surface area is 182 Å². The van der Waals surface area contributed by atoms with E-state index in [0.717, 1.165) is 4.47 Å². The van der Waals surface area contributed by atoms with Gasteiger partial charge in [-0.2, -0.15) is 0 Å². The maximum atomic E-state index is 12.9. The second kappa shape index (κ2) is 8.57. The zero-order valence-corrected chi connectivity index (χ0v) is 17.8. The van der Waals surface area contributed by atoms with E-state index in [1.54, 1.807) is 42.5 Å². The minimum Gasteiger partial charge on any atom is -0.506 e. The molecule has 0 saturated carbocycles. The molecule has 3 amide bonds. The van der Waals surface area contributed by atoms with Crippen LogP contribution in [0.25, 0.3) is 0 Å². The minimum absolute atomic E-state index is 0.0337. The first kappa shape index (κ1) is 20.6. The summed E-state index contributed by atoms with van der Waals surface area (Å²) in [5, 5.41) is 12.6. The molecule has 0 spiro atoms. The van der Waals surface area contributed by atoms with Gasteiger partial charge in [-0.1, -0.05) is 28.1 Å². The average molecular weight is 472 g/mol. The smallest absolute Gasteiger partial charge is 0.251 e. The van der Waals surface area contributed by atoms with Gasteiger partial charge in [0.05, 0.1) is 23.8 Å². The zero-order chi connectivity index (χ0) is 21.3. The van der Waals surface area contributed by atoms with Gasteiger partial charge in [0, 0.05) is 10.4 Å². The summed E-state index contributed by atoms with van der Waals surface area (Å²) in [6, 6.07) is 13.2. The van der Waals surface area contributed by atoms with E-state index < -0.39 is 6.04 Å². The van der Waals surface area contributed by atoms with E-state index in [1.165, 1.54) is 11.0 Å². The number of phenolic OH excluding ortho intramolecular Hbond substituents is 1. The first-order valence-electron chi connectivity index (χ1n) is 9.89. The van der Waals surface area contributed by atoms with Crippen LogP contribution in [0, 0.1) is 5.92 Å². The molecule has 0 unspecified atom stereocenters. The number of para-hydroxylation sites is 2. The number of piperidine rings is 1. The number of nitrogens with zero attached hydrogens (tertiary/aromatic N) is 2. The molecular formula is C22H22BrN3O4. The molecule has 156 valence electrons. The standard InChI is InChI=1S/C22H22BrN3O4/c23-15-5-7-16(8-6-15)26-20(28)13-18(22(26)30)25-11-9-14(10-12-25)21(29)24-17-3-1-2-4-19(17)27/h1-8,14,18,27H,9-13H2,(H,24,29)/t18-/m0/s1. The fraction of sp³-hybridized carbons (Fsp3) is 0.318. The summed E-state index contributed by atoms with van der Waals surface area (Å²) in [7, 11) is 0. The van der Waals surface area contributed by atoms with Crippen LogP contribution in [0.5, 0.6) is 5.75 Å². The normalized spacial score (nSPS) is 20.6. The highest BCUT2D eigenvalue weighted by Gasteiger charge is 2.43. The first-order valence-corrected chi connectivity index (χ1v) is 10.7. The predicted octanol–water partition coefficient (Wildman–Crippen LogP) is 3.14. The van der Waals surface area contributed by atoms with E-state index in [4.69, 9.17) is 0 Å². The van der Waals surface area contributed by atoms with Crippen molar-refractivity contribution in [2.24, 2.45) is 5.92 Å². The van der Waals surface area contributed by atoms with Gasteiger partial charge in [-0.25, -0.2) is 4.90 Å². The highest BCUT2D eigenvalue weighted by molar-refractivity contribution is 9.10. The largest absolute Gasteiger partial charge is 0.506 e. The Morgan fingerprint density at radius 1 is 1.03 bits per heavy atom. The second-order valence-corrected chi connectivity index (χ2v) is 8.50. The summed E-state index contributed by atoms with van der Waals surface area (Å²) < 4.78 is 0.881. The van der Waals surface area contributed by atoms with Crippen molar-refractivity contribution >= 4 is 45.0 Å². The fourth-order valence-electron chi connectivity index (χ4n) is 4.05. The number of amides is 3. The molecule has 0 aliphatic carbocycles. The van der Waals surface area contributed by atoms with Gasteiger partial charge >= 0.3 is 0 Å². The molecule has 4 rings (SSSR count). The monoisotopic (exact) mass is 471 g/mol. The van der Waals surface area contributed by atoms with Crippen molar-refractivity contribution in [2.45, 2.75) is 25.3 Å². The molecule has 2 saturated heterocycles. The Kier molecular flexibility index (Phi) is 5.87. The zero-order valence-electron chi connectivity index (χ0n) is 16.3. The van der Waals surface area contributed by atoms with Crippen molar-refractivity contribution in [3.63, 3.8) is 0 Å². The number of aromatic hydroxyl groups is 1. The molecule has 0 radical (unpaired) electrons. The van der Waals surface area contributed by atoms with Crippen molar-refractivity contribution in [3.8, 4) is 5.75 Å². The lowest BCUT2D eigenvalue weighted by atomic mass is 9.94. The number of nitrogens with one attached hydrogen (secondary N) is 1. The van der Waals surface area contributed by atoms with Gasteiger partial charge in [-0.3, -0.25) is 19.3 Å². The molecule has 8 heteroatoms. The van der Waals surface area contributed by atoms with Gasteiger partial charge < -0.3 is 10.4 Å². The van der Waals surface area contributed by atoms with Crippen LogP contribution < -0.4 is 10.2 Å². The SMILES string of the molecule is O=C(Nc1ccccc1O)C1CCN([C@H]2CC(=O)N(c3ccc(Br)cc3)C2=O)CC1. The molecule has 1 atom stereocenters. The van der Waals surface area contributed by atoms with Crippen LogP contribution in [-0.2, 0) is 14.4 Å². The Bertz CT molecular complexity index is 971. The van der Waals surface area contributed by atoms with Crippen molar-refractivity contribution in [3.05, 3.63) is 53.0 Å². The van der Waals surface area contributed by atoms with Crippen molar-refractivity contribution in [1.82, 2.24) is 4.90 Å². The number of imide groups is 1. The molecule has 2 aromatic carbocycles. The van der Waals surface area contributed by atoms with Crippen LogP contribution in [0.1, 0.15) is 19.3 Å². The summed E-state index contributed by atoms with van der Waals surface area (Å²) in [4.78, 5) is 41.3. The average Bonchev–Trinajstić information content (AvgIpc) is 3.04. The lowest BCUT2D eigenvalue weighted by Gasteiger charge is -2.34. The van der Waals surface area contributed by atoms with E-state index in [1.807, 2.05) is 4.90 Å². The Morgan fingerprint density at radius 2 is 1.70 bits per heavy atom. The summed E-state index contributed by atoms with van der Waals surface area (Å²) in [6.45, 7) is 1.13. The number of carbonyl (C=O) groups is 3. The molecule has 2 heterocycles. The molecule has 2 aromatic rings. The third kappa shape index (κ3) is 4.11. The number of phenols is 1. The molecular weight excluding hydrogens is 450 g/mol. The van der Waals surface area contributed by atoms with Crippen LogP contribution in [0.4, 0.5) is 11.4 Å². The highest BCUT2D eigenvalue weighted by Crippen LogP contribution is 2.30. The van der Waals surface area contributed by atoms with Crippen molar-refractivity contribution < 1.29 is 19.5 Å². The minimum atomic E-state index is -0.483. The summed E-state index contributed by atoms with van der Waals surface area (Å²) in [5.74, 6) is -0.713. The molecule has 7 nitrogen and oxygen atoms in total. The number of hydrogen-bond acceptors (Lipinski definition) is 5. The summed E-state index contributed by atoms with van der Waals surface area (Å²) in [5.41, 5.74) is 0.972. The van der Waals surface area contributed by atoms with Crippen LogP contribution in [-0.4, -0.2) is 46.9 Å². The molecule has 30 heavy (non-hydrogen) atoms. The highest BCUT2D eigenvalue weighted by atomic mass is 79.9. The van der Waals surface area contributed by atoms with Crippen LogP contribution in [0.15, 0.2) is 53.0 Å². The molecule has 0 bridgehead atoms. The summed E-state index contributed by atoms with van der Waals surface area (Å²) >= 11 is 3.36. The van der Waals surface area contributed by atoms with Crippen LogP contribution in [0.2, 0.25) is 0 Å². The fourth-order valence-corrected chi connectivity index (χ4v) is 4.31. The molecule has 2 aliphatic rings. The Balaban J connectivity index is 1.36. The van der Waals surface area contributed by atoms with Gasteiger partial charge in [0.2, 0.25) is 11.8 Å². The summed E-state index contributed by atoms with van der Waals surface area (Å²) in [6.07, 6.45) is 1.34. The third-order valence-electron chi connectivity index (χ3n) is 5.71. The van der Waals surface area contributed by atoms with Gasteiger partial charge in [0.15, 0.2) is 0 Å². The number of anilines is 2. The van der Waals surface area contributed by atoms with E-state index in [9.17, 15) is 19.5 Å². The molecule has 0 aromatic heterocycles. The van der Waals surface area contributed by atoms with Crippen molar-refractivity contribution in [2.75, 3.05) is 23.3 Å². The number of hydrogen-bond donors (Lipinski definition) is 2. The quantitative estimate of drug-likeness (QED) is 0.527. The topological polar surface area (TPSA) is 89.9 Å². The van der Waals surface area contributed by atoms with E-state index in [0.29, 0.717) is 37.3 Å². The van der Waals surface area contributed by atoms with Crippen LogP contribution in [0.3, 0.4) is 0 Å². The number of carbonyl (C=O) groups excluding carboxylic acids is 3. The maximum Gasteiger partial charge on any atom is 0.251 e. The van der Waals surface area contributed by atoms with Gasteiger partial charge in [-0.05, 0) is 62.3 Å². The predicted molar refractivity (Wildman–Crippen MR) is 116 cm³/mol. The van der Waals surface area contributed by atoms with Crippen molar-refractivity contribution in [1.29, 1.82) is 0 Å². The lowest BCUT2D eigenvalue weighted by molar-refractivity contribution is -0.123. The van der Waals surface area contributed by atoms with Gasteiger partial charge in [0.25, 0.3) is 5.91 Å². The number of rotatable bonds is 4. The van der Waals surface area contributed by atoms with Gasteiger partial charge in [0.1, 0.15) is 5.75 Å². The van der Waals surface area contributed by atoms with E-state index in [-0.39, 0.29) is 35.8 Å². The van der Waals surface area contributed by atoms with E-state index >= 15 is 0 Å².